The van der Waals surface area contributed by atoms with Gasteiger partial charge in [0.05, 0.1) is 6.10 Å². The Balaban J connectivity index is 1.79. The molecular formula is C11H19NO3. The summed E-state index contributed by atoms with van der Waals surface area (Å²) in [4.78, 5) is 13.5. The lowest BCUT2D eigenvalue weighted by atomic mass is 9.88. The van der Waals surface area contributed by atoms with Crippen LogP contribution in [0, 0.1) is 5.92 Å². The molecule has 4 heteroatoms. The van der Waals surface area contributed by atoms with E-state index in [0.717, 1.165) is 26.0 Å². The van der Waals surface area contributed by atoms with Gasteiger partial charge in [-0.2, -0.15) is 0 Å². The fourth-order valence-electron chi connectivity index (χ4n) is 2.45. The van der Waals surface area contributed by atoms with Crippen molar-refractivity contribution in [2.75, 3.05) is 19.8 Å². The molecule has 0 aromatic rings. The summed E-state index contributed by atoms with van der Waals surface area (Å²) in [6, 6.07) is 0.366. The van der Waals surface area contributed by atoms with Crippen LogP contribution in [0.1, 0.15) is 26.2 Å². The van der Waals surface area contributed by atoms with Crippen LogP contribution >= 0.6 is 0 Å². The fraction of sp³-hybridized carbons (Fsp3) is 0.909. The summed E-state index contributed by atoms with van der Waals surface area (Å²) in [7, 11) is 0. The first-order valence-electron chi connectivity index (χ1n) is 5.76. The monoisotopic (exact) mass is 213 g/mol. The molecular weight excluding hydrogens is 194 g/mol. The first-order valence-corrected chi connectivity index (χ1v) is 5.76. The maximum Gasteiger partial charge on any atom is 0.223 e. The molecule has 1 heterocycles. The Hall–Kier alpha value is -0.610. The number of rotatable bonds is 4. The number of hydrogen-bond donors (Lipinski definition) is 1. The smallest absolute Gasteiger partial charge is 0.223 e. The average molecular weight is 213 g/mol. The molecule has 1 amide bonds. The van der Waals surface area contributed by atoms with E-state index in [4.69, 9.17) is 9.84 Å². The van der Waals surface area contributed by atoms with Crippen LogP contribution in [-0.4, -0.2) is 47.8 Å². The third-order valence-corrected chi connectivity index (χ3v) is 3.41. The normalized spacial score (nSPS) is 35.7. The molecule has 1 saturated heterocycles. The minimum atomic E-state index is 0.129. The predicted molar refractivity (Wildman–Crippen MR) is 55.3 cm³/mol. The highest BCUT2D eigenvalue weighted by atomic mass is 16.5. The van der Waals surface area contributed by atoms with Crippen LogP contribution < -0.4 is 0 Å². The number of nitrogens with zero attached hydrogens (tertiary/aromatic N) is 1. The third kappa shape index (κ3) is 2.16. The van der Waals surface area contributed by atoms with Crippen molar-refractivity contribution in [2.24, 2.45) is 5.92 Å². The number of carbonyl (C=O) groups excluding carboxylic acids is 1. The summed E-state index contributed by atoms with van der Waals surface area (Å²) in [6.07, 6.45) is 2.81. The van der Waals surface area contributed by atoms with E-state index < -0.39 is 0 Å². The number of hydrogen-bond acceptors (Lipinski definition) is 3. The molecule has 1 saturated carbocycles. The molecule has 4 nitrogen and oxygen atoms in total. The average Bonchev–Trinajstić information content (AvgIpc) is 2.53. The molecule has 86 valence electrons. The minimum absolute atomic E-state index is 0.129. The van der Waals surface area contributed by atoms with Crippen molar-refractivity contribution >= 4 is 5.91 Å². The summed E-state index contributed by atoms with van der Waals surface area (Å²) < 4.78 is 5.47. The lowest BCUT2D eigenvalue weighted by molar-refractivity contribution is -0.134. The van der Waals surface area contributed by atoms with E-state index in [1.165, 1.54) is 0 Å². The van der Waals surface area contributed by atoms with Crippen LogP contribution in [0.5, 0.6) is 0 Å². The molecule has 0 aromatic heterocycles. The summed E-state index contributed by atoms with van der Waals surface area (Å²) in [6.45, 7) is 3.61. The highest BCUT2D eigenvalue weighted by Gasteiger charge is 2.40. The molecule has 1 atom stereocenters. The molecule has 2 rings (SSSR count). The fourth-order valence-corrected chi connectivity index (χ4v) is 2.45. The SMILES string of the molecule is CCOC1CC(N2CC(CO)CC2=O)C1. The van der Waals surface area contributed by atoms with Crippen LogP contribution in [0.2, 0.25) is 0 Å². The van der Waals surface area contributed by atoms with Crippen LogP contribution in [0.3, 0.4) is 0 Å². The van der Waals surface area contributed by atoms with Gasteiger partial charge < -0.3 is 14.7 Å². The summed E-state index contributed by atoms with van der Waals surface area (Å²) in [5.41, 5.74) is 0. The minimum Gasteiger partial charge on any atom is -0.396 e. The number of ether oxygens (including phenoxy) is 1. The van der Waals surface area contributed by atoms with Gasteiger partial charge in [-0.25, -0.2) is 0 Å². The molecule has 1 N–H and O–H groups in total. The van der Waals surface area contributed by atoms with Gasteiger partial charge in [-0.05, 0) is 19.8 Å². The van der Waals surface area contributed by atoms with Gasteiger partial charge in [-0.1, -0.05) is 0 Å². The van der Waals surface area contributed by atoms with E-state index in [1.807, 2.05) is 11.8 Å². The predicted octanol–water partition coefficient (Wildman–Crippen LogP) is 0.395. The Morgan fingerprint density at radius 3 is 2.80 bits per heavy atom. The summed E-state index contributed by atoms with van der Waals surface area (Å²) in [5.74, 6) is 0.359. The van der Waals surface area contributed by atoms with Gasteiger partial charge in [0.2, 0.25) is 5.91 Å². The second kappa shape index (κ2) is 4.49. The molecule has 0 bridgehead atoms. The number of carbonyl (C=O) groups is 1. The van der Waals surface area contributed by atoms with Gasteiger partial charge in [0.1, 0.15) is 0 Å². The summed E-state index contributed by atoms with van der Waals surface area (Å²) in [5, 5.41) is 9.01. The molecule has 0 radical (unpaired) electrons. The number of aliphatic hydroxyl groups excluding tert-OH is 1. The number of likely N-dealkylation sites (tertiary alicyclic amines) is 1. The zero-order valence-corrected chi connectivity index (χ0v) is 9.19. The van der Waals surface area contributed by atoms with E-state index in [2.05, 4.69) is 0 Å². The van der Waals surface area contributed by atoms with Crippen molar-refractivity contribution in [3.8, 4) is 0 Å². The van der Waals surface area contributed by atoms with E-state index in [1.54, 1.807) is 0 Å². The van der Waals surface area contributed by atoms with Gasteiger partial charge in [-0.15, -0.1) is 0 Å². The van der Waals surface area contributed by atoms with Gasteiger partial charge in [0, 0.05) is 38.1 Å². The highest BCUT2D eigenvalue weighted by Crippen LogP contribution is 2.32. The van der Waals surface area contributed by atoms with Gasteiger partial charge in [0.15, 0.2) is 0 Å². The molecule has 0 aromatic carbocycles. The molecule has 1 unspecified atom stereocenters. The number of aliphatic hydroxyl groups is 1. The highest BCUT2D eigenvalue weighted by molar-refractivity contribution is 5.79. The molecule has 2 fully saturated rings. The van der Waals surface area contributed by atoms with Crippen molar-refractivity contribution in [2.45, 2.75) is 38.3 Å². The topological polar surface area (TPSA) is 49.8 Å². The quantitative estimate of drug-likeness (QED) is 0.735. The number of amides is 1. The summed E-state index contributed by atoms with van der Waals surface area (Å²) >= 11 is 0. The van der Waals surface area contributed by atoms with E-state index in [9.17, 15) is 4.79 Å². The van der Waals surface area contributed by atoms with Crippen molar-refractivity contribution in [1.82, 2.24) is 4.90 Å². The maximum absolute atomic E-state index is 11.6. The van der Waals surface area contributed by atoms with Crippen LogP contribution in [0.15, 0.2) is 0 Å². The van der Waals surface area contributed by atoms with Crippen molar-refractivity contribution in [3.63, 3.8) is 0 Å². The van der Waals surface area contributed by atoms with E-state index in [0.29, 0.717) is 18.6 Å². The molecule has 1 aliphatic heterocycles. The molecule has 2 aliphatic rings. The Morgan fingerprint density at radius 2 is 2.27 bits per heavy atom. The lowest BCUT2D eigenvalue weighted by Crippen LogP contribution is -2.48. The molecule has 0 spiro atoms. The Kier molecular flexibility index (Phi) is 3.26. The second-order valence-corrected chi connectivity index (χ2v) is 4.50. The van der Waals surface area contributed by atoms with E-state index >= 15 is 0 Å². The standard InChI is InChI=1S/C11H19NO3/c1-2-15-10-4-9(5-10)12-6-8(7-13)3-11(12)14/h8-10,13H,2-7H2,1H3. The Bertz CT molecular complexity index is 238. The van der Waals surface area contributed by atoms with Crippen molar-refractivity contribution in [3.05, 3.63) is 0 Å². The van der Waals surface area contributed by atoms with E-state index in [-0.39, 0.29) is 18.4 Å². The molecule has 15 heavy (non-hydrogen) atoms. The van der Waals surface area contributed by atoms with Gasteiger partial charge >= 0.3 is 0 Å². The zero-order chi connectivity index (χ0) is 10.8. The Morgan fingerprint density at radius 1 is 1.53 bits per heavy atom. The first-order chi connectivity index (χ1) is 7.24. The first kappa shape index (κ1) is 10.9. The van der Waals surface area contributed by atoms with Gasteiger partial charge in [-0.3, -0.25) is 4.79 Å². The third-order valence-electron chi connectivity index (χ3n) is 3.41. The van der Waals surface area contributed by atoms with Crippen molar-refractivity contribution in [1.29, 1.82) is 0 Å². The van der Waals surface area contributed by atoms with Crippen LogP contribution in [0.25, 0.3) is 0 Å². The Labute approximate surface area is 90.2 Å². The maximum atomic E-state index is 11.6. The lowest BCUT2D eigenvalue weighted by Gasteiger charge is -2.40. The largest absolute Gasteiger partial charge is 0.396 e. The molecule has 1 aliphatic carbocycles. The van der Waals surface area contributed by atoms with Gasteiger partial charge in [0.25, 0.3) is 0 Å². The van der Waals surface area contributed by atoms with Crippen molar-refractivity contribution < 1.29 is 14.6 Å². The van der Waals surface area contributed by atoms with Crippen LogP contribution in [-0.2, 0) is 9.53 Å². The second-order valence-electron chi connectivity index (χ2n) is 4.50. The zero-order valence-electron chi connectivity index (χ0n) is 9.19. The van der Waals surface area contributed by atoms with Crippen LogP contribution in [0.4, 0.5) is 0 Å².